The molecular formula is C19H32N2. The van der Waals surface area contributed by atoms with Gasteiger partial charge in [-0.15, -0.1) is 0 Å². The first-order valence-electron chi connectivity index (χ1n) is 8.73. The van der Waals surface area contributed by atoms with Crippen molar-refractivity contribution in [2.45, 2.75) is 71.0 Å². The summed E-state index contributed by atoms with van der Waals surface area (Å²) in [5.74, 6) is 0. The zero-order chi connectivity index (χ0) is 15.2. The van der Waals surface area contributed by atoms with Crippen molar-refractivity contribution in [3.05, 3.63) is 35.4 Å². The van der Waals surface area contributed by atoms with E-state index in [2.05, 4.69) is 62.3 Å². The third kappa shape index (κ3) is 3.67. The summed E-state index contributed by atoms with van der Waals surface area (Å²) >= 11 is 0. The van der Waals surface area contributed by atoms with Crippen LogP contribution in [-0.2, 0) is 6.42 Å². The van der Waals surface area contributed by atoms with Gasteiger partial charge < -0.3 is 5.32 Å². The van der Waals surface area contributed by atoms with Gasteiger partial charge in [-0.3, -0.25) is 4.90 Å². The fraction of sp³-hybridized carbons (Fsp3) is 0.684. The topological polar surface area (TPSA) is 15.3 Å². The minimum atomic E-state index is 0.473. The predicted octanol–water partition coefficient (Wildman–Crippen LogP) is 4.16. The van der Waals surface area contributed by atoms with E-state index >= 15 is 0 Å². The Bertz CT molecular complexity index is 429. The molecule has 1 aliphatic carbocycles. The monoisotopic (exact) mass is 288 g/mol. The molecule has 0 spiro atoms. The Hall–Kier alpha value is -0.860. The minimum absolute atomic E-state index is 0.473. The van der Waals surface area contributed by atoms with Gasteiger partial charge in [0.15, 0.2) is 0 Å². The summed E-state index contributed by atoms with van der Waals surface area (Å²) in [7, 11) is 2.12. The quantitative estimate of drug-likeness (QED) is 0.810. The third-order valence-electron chi connectivity index (χ3n) is 5.15. The van der Waals surface area contributed by atoms with Crippen molar-refractivity contribution in [1.29, 1.82) is 0 Å². The second-order valence-corrected chi connectivity index (χ2v) is 6.42. The summed E-state index contributed by atoms with van der Waals surface area (Å²) in [4.78, 5) is 2.76. The van der Waals surface area contributed by atoms with Gasteiger partial charge in [0, 0.05) is 18.1 Å². The molecule has 0 fully saturated rings. The average Bonchev–Trinajstić information content (AvgIpc) is 2.54. The summed E-state index contributed by atoms with van der Waals surface area (Å²) in [5, 5.41) is 3.60. The standard InChI is InChI=1S/C19H32N2/c1-5-7-14-21(15(3)6-2)18-13-12-16-10-8-9-11-17(16)19(18)20-4/h8-11,15,18-20H,5-7,12-14H2,1-4H3. The molecule has 0 heterocycles. The third-order valence-corrected chi connectivity index (χ3v) is 5.15. The van der Waals surface area contributed by atoms with Gasteiger partial charge in [-0.05, 0) is 57.3 Å². The van der Waals surface area contributed by atoms with Crippen molar-refractivity contribution in [3.8, 4) is 0 Å². The Morgan fingerprint density at radius 3 is 2.71 bits per heavy atom. The molecule has 1 aromatic carbocycles. The summed E-state index contributed by atoms with van der Waals surface area (Å²) < 4.78 is 0. The fourth-order valence-corrected chi connectivity index (χ4v) is 3.74. The van der Waals surface area contributed by atoms with Gasteiger partial charge in [0.1, 0.15) is 0 Å². The van der Waals surface area contributed by atoms with Crippen LogP contribution in [0.5, 0.6) is 0 Å². The van der Waals surface area contributed by atoms with Crippen LogP contribution < -0.4 is 5.32 Å². The SMILES string of the molecule is CCCCN(C(C)CC)C1CCc2ccccc2C1NC. The minimum Gasteiger partial charge on any atom is -0.312 e. The van der Waals surface area contributed by atoms with E-state index in [0.717, 1.165) is 0 Å². The normalized spacial score (nSPS) is 23.1. The molecule has 0 radical (unpaired) electrons. The van der Waals surface area contributed by atoms with Gasteiger partial charge in [0.05, 0.1) is 0 Å². The molecule has 1 N–H and O–H groups in total. The van der Waals surface area contributed by atoms with Crippen LogP contribution in [0.2, 0.25) is 0 Å². The average molecular weight is 288 g/mol. The number of hydrogen-bond donors (Lipinski definition) is 1. The summed E-state index contributed by atoms with van der Waals surface area (Å²) in [6, 6.07) is 10.8. The molecule has 0 bridgehead atoms. The second kappa shape index (κ2) is 7.95. The van der Waals surface area contributed by atoms with Crippen LogP contribution in [0, 0.1) is 0 Å². The molecule has 2 rings (SSSR count). The van der Waals surface area contributed by atoms with Gasteiger partial charge in [0.25, 0.3) is 0 Å². The zero-order valence-corrected chi connectivity index (χ0v) is 14.2. The molecule has 0 aromatic heterocycles. The van der Waals surface area contributed by atoms with Gasteiger partial charge in [-0.25, -0.2) is 0 Å². The highest BCUT2D eigenvalue weighted by Gasteiger charge is 2.33. The highest BCUT2D eigenvalue weighted by Crippen LogP contribution is 2.34. The van der Waals surface area contributed by atoms with E-state index in [1.54, 1.807) is 0 Å². The van der Waals surface area contributed by atoms with E-state index in [1.165, 1.54) is 49.8 Å². The maximum atomic E-state index is 3.60. The lowest BCUT2D eigenvalue weighted by Crippen LogP contribution is -2.50. The maximum absolute atomic E-state index is 3.60. The van der Waals surface area contributed by atoms with Crippen LogP contribution >= 0.6 is 0 Å². The van der Waals surface area contributed by atoms with Crippen LogP contribution in [0.15, 0.2) is 24.3 Å². The van der Waals surface area contributed by atoms with E-state index in [0.29, 0.717) is 18.1 Å². The number of nitrogens with one attached hydrogen (secondary N) is 1. The van der Waals surface area contributed by atoms with E-state index in [1.807, 2.05) is 0 Å². The maximum Gasteiger partial charge on any atom is 0.0478 e. The highest BCUT2D eigenvalue weighted by atomic mass is 15.2. The Labute approximate surface area is 130 Å². The van der Waals surface area contributed by atoms with E-state index in [4.69, 9.17) is 0 Å². The van der Waals surface area contributed by atoms with Crippen LogP contribution in [0.1, 0.15) is 63.6 Å². The van der Waals surface area contributed by atoms with Crippen LogP contribution in [-0.4, -0.2) is 30.6 Å². The first kappa shape index (κ1) is 16.5. The molecule has 3 unspecified atom stereocenters. The number of aryl methyl sites for hydroxylation is 1. The molecule has 0 amide bonds. The van der Waals surface area contributed by atoms with Gasteiger partial charge >= 0.3 is 0 Å². The predicted molar refractivity (Wildman–Crippen MR) is 91.7 cm³/mol. The number of rotatable bonds is 7. The van der Waals surface area contributed by atoms with Crippen molar-refractivity contribution in [2.24, 2.45) is 0 Å². The van der Waals surface area contributed by atoms with Crippen molar-refractivity contribution < 1.29 is 0 Å². The number of nitrogens with zero attached hydrogens (tertiary/aromatic N) is 1. The van der Waals surface area contributed by atoms with Crippen LogP contribution in [0.4, 0.5) is 0 Å². The molecule has 1 aliphatic rings. The molecule has 0 aliphatic heterocycles. The van der Waals surface area contributed by atoms with Crippen molar-refractivity contribution in [1.82, 2.24) is 10.2 Å². The summed E-state index contributed by atoms with van der Waals surface area (Å²) in [6.45, 7) is 8.23. The fourth-order valence-electron chi connectivity index (χ4n) is 3.74. The molecule has 3 atom stereocenters. The first-order valence-corrected chi connectivity index (χ1v) is 8.73. The number of fused-ring (bicyclic) bond motifs is 1. The Kier molecular flexibility index (Phi) is 6.25. The molecular weight excluding hydrogens is 256 g/mol. The first-order chi connectivity index (χ1) is 10.2. The highest BCUT2D eigenvalue weighted by molar-refractivity contribution is 5.34. The van der Waals surface area contributed by atoms with E-state index in [9.17, 15) is 0 Å². The van der Waals surface area contributed by atoms with Crippen molar-refractivity contribution >= 4 is 0 Å². The lowest BCUT2D eigenvalue weighted by Gasteiger charge is -2.43. The zero-order valence-electron chi connectivity index (χ0n) is 14.2. The molecule has 2 heteroatoms. The lowest BCUT2D eigenvalue weighted by molar-refractivity contribution is 0.0971. The van der Waals surface area contributed by atoms with E-state index < -0.39 is 0 Å². The number of unbranched alkanes of at least 4 members (excludes halogenated alkanes) is 1. The summed E-state index contributed by atoms with van der Waals surface area (Å²) in [6.07, 6.45) is 6.31. The summed E-state index contributed by atoms with van der Waals surface area (Å²) in [5.41, 5.74) is 3.05. The van der Waals surface area contributed by atoms with Gasteiger partial charge in [0.2, 0.25) is 0 Å². The van der Waals surface area contributed by atoms with Crippen molar-refractivity contribution in [3.63, 3.8) is 0 Å². The second-order valence-electron chi connectivity index (χ2n) is 6.42. The Balaban J connectivity index is 2.24. The van der Waals surface area contributed by atoms with Gasteiger partial charge in [-0.1, -0.05) is 44.5 Å². The van der Waals surface area contributed by atoms with Gasteiger partial charge in [-0.2, -0.15) is 0 Å². The lowest BCUT2D eigenvalue weighted by atomic mass is 9.82. The Morgan fingerprint density at radius 2 is 2.05 bits per heavy atom. The Morgan fingerprint density at radius 1 is 1.29 bits per heavy atom. The molecule has 21 heavy (non-hydrogen) atoms. The van der Waals surface area contributed by atoms with E-state index in [-0.39, 0.29) is 0 Å². The molecule has 1 aromatic rings. The largest absolute Gasteiger partial charge is 0.312 e. The smallest absolute Gasteiger partial charge is 0.0478 e. The molecule has 118 valence electrons. The molecule has 0 saturated heterocycles. The van der Waals surface area contributed by atoms with Crippen LogP contribution in [0.3, 0.4) is 0 Å². The van der Waals surface area contributed by atoms with Crippen molar-refractivity contribution in [2.75, 3.05) is 13.6 Å². The molecule has 2 nitrogen and oxygen atoms in total. The molecule has 0 saturated carbocycles. The van der Waals surface area contributed by atoms with Crippen LogP contribution in [0.25, 0.3) is 0 Å². The number of benzene rings is 1. The number of hydrogen-bond acceptors (Lipinski definition) is 2. The number of likely N-dealkylation sites (N-methyl/N-ethyl adjacent to an activating group) is 1.